The average Bonchev–Trinajstić information content (AvgIpc) is 2.89. The van der Waals surface area contributed by atoms with Crippen molar-refractivity contribution in [3.63, 3.8) is 0 Å². The maximum atomic E-state index is 14.3. The molecule has 132 valence electrons. The minimum absolute atomic E-state index is 0.150. The zero-order chi connectivity index (χ0) is 18.5. The molecular formula is C18H15F2N5O. The van der Waals surface area contributed by atoms with Gasteiger partial charge in [0.05, 0.1) is 11.8 Å². The van der Waals surface area contributed by atoms with Gasteiger partial charge in [-0.15, -0.1) is 0 Å². The van der Waals surface area contributed by atoms with Crippen molar-refractivity contribution in [1.82, 2.24) is 9.97 Å². The van der Waals surface area contributed by atoms with E-state index >= 15 is 0 Å². The Morgan fingerprint density at radius 3 is 2.62 bits per heavy atom. The Morgan fingerprint density at radius 1 is 1.31 bits per heavy atom. The second kappa shape index (κ2) is 5.73. The second-order valence-corrected chi connectivity index (χ2v) is 6.47. The number of aromatic nitrogens is 2. The third-order valence-corrected chi connectivity index (χ3v) is 4.90. The van der Waals surface area contributed by atoms with Crippen molar-refractivity contribution in [1.29, 1.82) is 5.26 Å². The number of anilines is 1. The highest BCUT2D eigenvalue weighted by Crippen LogP contribution is 2.44. The van der Waals surface area contributed by atoms with Crippen LogP contribution in [0.4, 0.5) is 14.7 Å². The Labute approximate surface area is 148 Å². The lowest BCUT2D eigenvalue weighted by atomic mass is 10.0. The Kier molecular flexibility index (Phi) is 3.61. The van der Waals surface area contributed by atoms with Crippen LogP contribution < -0.4 is 10.6 Å². The Morgan fingerprint density at radius 2 is 2.04 bits per heavy atom. The number of nitriles is 1. The number of carbonyl (C=O) groups excluding carboxylic acids is 1. The van der Waals surface area contributed by atoms with Crippen molar-refractivity contribution in [2.75, 3.05) is 11.4 Å². The summed E-state index contributed by atoms with van der Waals surface area (Å²) in [6, 6.07) is 8.09. The van der Waals surface area contributed by atoms with Gasteiger partial charge in [0, 0.05) is 29.7 Å². The lowest BCUT2D eigenvalue weighted by molar-refractivity contribution is -0.00594. The van der Waals surface area contributed by atoms with E-state index in [9.17, 15) is 13.6 Å². The summed E-state index contributed by atoms with van der Waals surface area (Å²) in [4.78, 5) is 21.5. The van der Waals surface area contributed by atoms with Gasteiger partial charge in [0.25, 0.3) is 5.92 Å². The molecule has 2 N–H and O–H groups in total. The summed E-state index contributed by atoms with van der Waals surface area (Å²) in [5.41, 5.74) is 6.76. The fourth-order valence-corrected chi connectivity index (χ4v) is 3.33. The predicted octanol–water partition coefficient (Wildman–Crippen LogP) is 2.38. The van der Waals surface area contributed by atoms with Crippen LogP contribution in [0.15, 0.2) is 24.3 Å². The Bertz CT molecular complexity index is 936. The van der Waals surface area contributed by atoms with Gasteiger partial charge in [-0.2, -0.15) is 14.0 Å². The van der Waals surface area contributed by atoms with Crippen LogP contribution in [-0.2, 0) is 12.3 Å². The predicted molar refractivity (Wildman–Crippen MR) is 89.6 cm³/mol. The molecule has 1 aliphatic heterocycles. The fourth-order valence-electron chi connectivity index (χ4n) is 3.33. The summed E-state index contributed by atoms with van der Waals surface area (Å²) in [5, 5.41) is 9.14. The molecule has 1 saturated heterocycles. The Hall–Kier alpha value is -3.08. The van der Waals surface area contributed by atoms with Gasteiger partial charge in [-0.3, -0.25) is 4.79 Å². The average molecular weight is 355 g/mol. The first kappa shape index (κ1) is 16.4. The molecule has 0 bridgehead atoms. The number of hydrogen-bond acceptors (Lipinski definition) is 5. The minimum atomic E-state index is -3.01. The molecule has 2 aliphatic rings. The van der Waals surface area contributed by atoms with Crippen LogP contribution in [0.1, 0.15) is 34.5 Å². The van der Waals surface area contributed by atoms with Gasteiger partial charge in [0.2, 0.25) is 11.9 Å². The molecular weight excluding hydrogens is 340 g/mol. The second-order valence-electron chi connectivity index (χ2n) is 6.47. The van der Waals surface area contributed by atoms with Crippen molar-refractivity contribution in [2.45, 2.75) is 31.2 Å². The van der Waals surface area contributed by atoms with Crippen LogP contribution in [0.25, 0.3) is 11.3 Å². The molecule has 1 atom stereocenters. The molecule has 1 aromatic carbocycles. The highest BCUT2D eigenvalue weighted by molar-refractivity contribution is 5.93. The van der Waals surface area contributed by atoms with Crippen molar-refractivity contribution in [3.05, 3.63) is 41.1 Å². The molecule has 4 rings (SSSR count). The molecule has 26 heavy (non-hydrogen) atoms. The van der Waals surface area contributed by atoms with Crippen LogP contribution in [0.3, 0.4) is 0 Å². The van der Waals surface area contributed by atoms with Gasteiger partial charge in [-0.25, -0.2) is 9.97 Å². The number of halogens is 2. The molecule has 2 heterocycles. The van der Waals surface area contributed by atoms with Crippen LogP contribution in [0, 0.1) is 11.3 Å². The highest BCUT2D eigenvalue weighted by Gasteiger charge is 2.44. The van der Waals surface area contributed by atoms with Gasteiger partial charge in [0.15, 0.2) is 0 Å². The van der Waals surface area contributed by atoms with Crippen molar-refractivity contribution >= 4 is 11.9 Å². The number of benzene rings is 1. The molecule has 1 aliphatic carbocycles. The number of nitrogens with zero attached hydrogens (tertiary/aromatic N) is 4. The topological polar surface area (TPSA) is 95.9 Å². The maximum Gasteiger partial charge on any atom is 0.290 e. The molecule has 1 unspecified atom stereocenters. The summed E-state index contributed by atoms with van der Waals surface area (Å²) >= 11 is 0. The maximum absolute atomic E-state index is 14.3. The van der Waals surface area contributed by atoms with Crippen LogP contribution >= 0.6 is 0 Å². The van der Waals surface area contributed by atoms with E-state index in [0.29, 0.717) is 35.3 Å². The number of hydrogen-bond donors (Lipinski definition) is 1. The van der Waals surface area contributed by atoms with Crippen LogP contribution in [0.5, 0.6) is 0 Å². The van der Waals surface area contributed by atoms with E-state index in [1.54, 1.807) is 29.2 Å². The molecule has 0 radical (unpaired) electrons. The highest BCUT2D eigenvalue weighted by atomic mass is 19.3. The van der Waals surface area contributed by atoms with Gasteiger partial charge < -0.3 is 10.6 Å². The first-order valence-corrected chi connectivity index (χ1v) is 8.26. The molecule has 1 aromatic heterocycles. The normalized spacial score (nSPS) is 20.2. The quantitative estimate of drug-likeness (QED) is 0.912. The smallest absolute Gasteiger partial charge is 0.290 e. The van der Waals surface area contributed by atoms with Crippen molar-refractivity contribution in [3.8, 4) is 17.3 Å². The number of rotatable bonds is 3. The van der Waals surface area contributed by atoms with Crippen LogP contribution in [0.2, 0.25) is 0 Å². The van der Waals surface area contributed by atoms with E-state index in [1.165, 1.54) is 0 Å². The van der Waals surface area contributed by atoms with E-state index in [4.69, 9.17) is 11.0 Å². The molecule has 1 fully saturated rings. The third kappa shape index (κ3) is 2.47. The first-order chi connectivity index (χ1) is 12.4. The van der Waals surface area contributed by atoms with E-state index in [1.807, 2.05) is 0 Å². The molecule has 6 nitrogen and oxygen atoms in total. The van der Waals surface area contributed by atoms with E-state index in [-0.39, 0.29) is 24.5 Å². The van der Waals surface area contributed by atoms with E-state index in [2.05, 4.69) is 16.0 Å². The minimum Gasteiger partial charge on any atom is -0.366 e. The van der Waals surface area contributed by atoms with Crippen molar-refractivity contribution < 1.29 is 13.6 Å². The fraction of sp³-hybridized carbons (Fsp3) is 0.333. The zero-order valence-electron chi connectivity index (χ0n) is 13.7. The number of nitrogens with two attached hydrogens (primary N) is 1. The van der Waals surface area contributed by atoms with Gasteiger partial charge >= 0.3 is 0 Å². The van der Waals surface area contributed by atoms with Crippen LogP contribution in [-0.4, -0.2) is 28.5 Å². The number of fused-ring (bicyclic) bond motifs is 1. The van der Waals surface area contributed by atoms with Gasteiger partial charge in [-0.05, 0) is 25.0 Å². The number of alkyl halides is 2. The van der Waals surface area contributed by atoms with Crippen molar-refractivity contribution in [2.24, 2.45) is 5.73 Å². The van der Waals surface area contributed by atoms with E-state index in [0.717, 1.165) is 0 Å². The van der Waals surface area contributed by atoms with Gasteiger partial charge in [0.1, 0.15) is 11.7 Å². The Balaban J connectivity index is 1.84. The summed E-state index contributed by atoms with van der Waals surface area (Å²) in [5.74, 6) is -3.42. The summed E-state index contributed by atoms with van der Waals surface area (Å²) in [6.45, 7) is 0.558. The molecule has 0 spiro atoms. The number of carbonyl (C=O) groups is 1. The van der Waals surface area contributed by atoms with E-state index < -0.39 is 17.9 Å². The monoisotopic (exact) mass is 355 g/mol. The molecule has 2 aromatic rings. The molecule has 0 saturated carbocycles. The third-order valence-electron chi connectivity index (χ3n) is 4.90. The summed E-state index contributed by atoms with van der Waals surface area (Å²) in [6.07, 6.45) is 0.529. The zero-order valence-corrected chi connectivity index (χ0v) is 13.7. The van der Waals surface area contributed by atoms with Gasteiger partial charge in [-0.1, -0.05) is 12.1 Å². The summed E-state index contributed by atoms with van der Waals surface area (Å²) in [7, 11) is 0. The first-order valence-electron chi connectivity index (χ1n) is 8.26. The standard InChI is InChI=1S/C18H15F2N5O/c19-18(20)7-5-13-14(10-1-3-11(4-2-10)16(22)26)23-17(24-15(13)18)25-8-6-12(25)9-21/h1-4,12H,5-8H2,(H2,22,26). The molecule has 1 amide bonds. The molecule has 8 heteroatoms. The number of amides is 1. The SMILES string of the molecule is N#CC1CCN1c1nc(-c2ccc(C(N)=O)cc2)c2c(n1)C(F)(F)CC2. The largest absolute Gasteiger partial charge is 0.366 e. The lowest BCUT2D eigenvalue weighted by Gasteiger charge is -2.36. The number of primary amides is 1. The summed E-state index contributed by atoms with van der Waals surface area (Å²) < 4.78 is 28.6. The lowest BCUT2D eigenvalue weighted by Crippen LogP contribution is -2.48.